The highest BCUT2D eigenvalue weighted by Gasteiger charge is 2.20. The smallest absolute Gasteiger partial charge is 0.197 e. The maximum Gasteiger partial charge on any atom is 0.197 e. The number of hydrogen-bond donors (Lipinski definition) is 0. The molecule has 0 saturated heterocycles. The number of hydrogen-bond acceptors (Lipinski definition) is 2. The molecule has 0 unspecified atom stereocenters. The van der Waals surface area contributed by atoms with E-state index in [0.29, 0.717) is 10.8 Å². The van der Waals surface area contributed by atoms with Crippen molar-refractivity contribution in [2.75, 3.05) is 7.11 Å². The van der Waals surface area contributed by atoms with E-state index in [0.717, 1.165) is 15.2 Å². The summed E-state index contributed by atoms with van der Waals surface area (Å²) in [7, 11) is 1.44. The third-order valence-electron chi connectivity index (χ3n) is 3.59. The van der Waals surface area contributed by atoms with Crippen LogP contribution < -0.4 is 4.74 Å². The molecule has 0 radical (unpaired) electrons. The predicted molar refractivity (Wildman–Crippen MR) is 93.0 cm³/mol. The van der Waals surface area contributed by atoms with E-state index < -0.39 is 11.6 Å². The van der Waals surface area contributed by atoms with Gasteiger partial charge in [-0.3, -0.25) is 4.79 Å². The summed E-state index contributed by atoms with van der Waals surface area (Å²) in [6.07, 6.45) is 0. The number of benzene rings is 3. The molecule has 0 fully saturated rings. The normalized spacial score (nSPS) is 10.8. The molecule has 0 heterocycles. The number of halogens is 3. The summed E-state index contributed by atoms with van der Waals surface area (Å²) in [5.74, 6) is -0.763. The van der Waals surface area contributed by atoms with E-state index in [1.54, 1.807) is 12.1 Å². The van der Waals surface area contributed by atoms with Crippen molar-refractivity contribution in [2.45, 2.75) is 0 Å². The molecule has 3 aromatic rings. The van der Waals surface area contributed by atoms with Gasteiger partial charge in [0.1, 0.15) is 11.6 Å². The minimum Gasteiger partial charge on any atom is -0.497 e. The second kappa shape index (κ2) is 6.30. The average molecular weight is 394 g/mol. The minimum absolute atomic E-state index is 0.0464. The van der Waals surface area contributed by atoms with Gasteiger partial charge in [0.15, 0.2) is 5.78 Å². The Morgan fingerprint density at radius 3 is 2.43 bits per heavy atom. The molecule has 0 aliphatic rings. The molecule has 5 heteroatoms. The van der Waals surface area contributed by atoms with Crippen molar-refractivity contribution >= 4 is 44.1 Å². The number of fused-ring (bicyclic) bond motifs is 1. The van der Waals surface area contributed by atoms with Crippen molar-refractivity contribution in [1.82, 2.24) is 0 Å². The van der Waals surface area contributed by atoms with Gasteiger partial charge in [-0.05, 0) is 23.6 Å². The summed E-state index contributed by atoms with van der Waals surface area (Å²) in [4.78, 5) is 12.7. The first-order chi connectivity index (χ1) is 11.0. The third-order valence-corrected chi connectivity index (χ3v) is 4.66. The van der Waals surface area contributed by atoms with Crippen molar-refractivity contribution in [3.8, 4) is 5.75 Å². The first-order valence-corrected chi connectivity index (χ1v) is 7.95. The maximum atomic E-state index is 14.2. The van der Waals surface area contributed by atoms with Crippen molar-refractivity contribution in [3.63, 3.8) is 0 Å². The van der Waals surface area contributed by atoms with Crippen LogP contribution in [0.4, 0.5) is 4.39 Å². The molecule has 0 aliphatic carbocycles. The fraction of sp³-hybridized carbons (Fsp3) is 0.0556. The van der Waals surface area contributed by atoms with E-state index in [9.17, 15) is 9.18 Å². The van der Waals surface area contributed by atoms with Crippen LogP contribution in [0.15, 0.2) is 53.0 Å². The molecular formula is C18H11BrClFO2. The minimum atomic E-state index is -0.644. The fourth-order valence-electron chi connectivity index (χ4n) is 2.41. The van der Waals surface area contributed by atoms with Gasteiger partial charge in [-0.15, -0.1) is 0 Å². The molecule has 0 N–H and O–H groups in total. The Kier molecular flexibility index (Phi) is 4.37. The lowest BCUT2D eigenvalue weighted by Gasteiger charge is -2.10. The fourth-order valence-corrected chi connectivity index (χ4v) is 3.29. The molecule has 0 aliphatic heterocycles. The van der Waals surface area contributed by atoms with E-state index in [-0.39, 0.29) is 11.1 Å². The van der Waals surface area contributed by atoms with E-state index in [2.05, 4.69) is 15.9 Å². The van der Waals surface area contributed by atoms with E-state index in [4.69, 9.17) is 16.3 Å². The standard InChI is InChI=1S/C18H11BrClFO2/c1-23-10-6-7-13(16(21)8-10)18(22)14-9-15(19)11-4-2-3-5-12(11)17(14)20/h2-9H,1H3. The van der Waals surface area contributed by atoms with E-state index >= 15 is 0 Å². The van der Waals surface area contributed by atoms with Crippen LogP contribution in [0.2, 0.25) is 5.02 Å². The van der Waals surface area contributed by atoms with Crippen LogP contribution in [0.5, 0.6) is 5.75 Å². The van der Waals surface area contributed by atoms with E-state index in [1.165, 1.54) is 19.2 Å². The molecule has 0 saturated carbocycles. The Bertz CT molecular complexity index is 924. The number of carbonyl (C=O) groups excluding carboxylic acids is 1. The molecule has 0 spiro atoms. The molecule has 0 aromatic heterocycles. The van der Waals surface area contributed by atoms with Gasteiger partial charge >= 0.3 is 0 Å². The first-order valence-electron chi connectivity index (χ1n) is 6.78. The quantitative estimate of drug-likeness (QED) is 0.539. The Hall–Kier alpha value is -1.91. The van der Waals surface area contributed by atoms with Crippen molar-refractivity contribution < 1.29 is 13.9 Å². The molecule has 0 bridgehead atoms. The Morgan fingerprint density at radius 2 is 1.78 bits per heavy atom. The zero-order valence-corrected chi connectivity index (χ0v) is 14.4. The van der Waals surface area contributed by atoms with Gasteiger partial charge in [0.2, 0.25) is 0 Å². The highest BCUT2D eigenvalue weighted by Crippen LogP contribution is 2.34. The van der Waals surface area contributed by atoms with Crippen LogP contribution in [-0.4, -0.2) is 12.9 Å². The van der Waals surface area contributed by atoms with Crippen LogP contribution in [0.1, 0.15) is 15.9 Å². The zero-order valence-electron chi connectivity index (χ0n) is 12.1. The van der Waals surface area contributed by atoms with Crippen molar-refractivity contribution in [3.05, 3.63) is 75.0 Å². The molecule has 3 rings (SSSR count). The predicted octanol–water partition coefficient (Wildman–Crippen LogP) is 5.63. The van der Waals surface area contributed by atoms with Gasteiger partial charge in [-0.25, -0.2) is 4.39 Å². The SMILES string of the molecule is COc1ccc(C(=O)c2cc(Br)c3ccccc3c2Cl)c(F)c1. The number of rotatable bonds is 3. The first kappa shape index (κ1) is 16.0. The van der Waals surface area contributed by atoms with Crippen LogP contribution >= 0.6 is 27.5 Å². The van der Waals surface area contributed by atoms with Gasteiger partial charge in [0.25, 0.3) is 0 Å². The van der Waals surface area contributed by atoms with Gasteiger partial charge < -0.3 is 4.74 Å². The summed E-state index contributed by atoms with van der Waals surface area (Å²) < 4.78 is 19.8. The number of ether oxygens (including phenoxy) is 1. The summed E-state index contributed by atoms with van der Waals surface area (Å²) >= 11 is 9.82. The number of methoxy groups -OCH3 is 1. The van der Waals surface area contributed by atoms with Gasteiger partial charge in [-0.2, -0.15) is 0 Å². The lowest BCUT2D eigenvalue weighted by atomic mass is 9.99. The highest BCUT2D eigenvalue weighted by molar-refractivity contribution is 9.10. The third kappa shape index (κ3) is 2.84. The highest BCUT2D eigenvalue weighted by atomic mass is 79.9. The summed E-state index contributed by atoms with van der Waals surface area (Å²) in [6.45, 7) is 0. The molecule has 3 aromatic carbocycles. The van der Waals surface area contributed by atoms with Crippen LogP contribution in [0.3, 0.4) is 0 Å². The largest absolute Gasteiger partial charge is 0.497 e. The Morgan fingerprint density at radius 1 is 1.09 bits per heavy atom. The van der Waals surface area contributed by atoms with Crippen LogP contribution in [0.25, 0.3) is 10.8 Å². The molecule has 116 valence electrons. The van der Waals surface area contributed by atoms with E-state index in [1.807, 2.05) is 24.3 Å². The molecular weight excluding hydrogens is 383 g/mol. The van der Waals surface area contributed by atoms with Crippen molar-refractivity contribution in [2.24, 2.45) is 0 Å². The van der Waals surface area contributed by atoms with Gasteiger partial charge in [-0.1, -0.05) is 51.8 Å². The second-order valence-corrected chi connectivity index (χ2v) is 6.17. The second-order valence-electron chi connectivity index (χ2n) is 4.94. The van der Waals surface area contributed by atoms with Gasteiger partial charge in [0.05, 0.1) is 17.7 Å². The Labute approximate surface area is 146 Å². The molecule has 2 nitrogen and oxygen atoms in total. The maximum absolute atomic E-state index is 14.2. The lowest BCUT2D eigenvalue weighted by Crippen LogP contribution is -2.06. The summed E-state index contributed by atoms with van der Waals surface area (Å²) in [6, 6.07) is 13.2. The summed E-state index contributed by atoms with van der Waals surface area (Å²) in [5, 5.41) is 1.94. The van der Waals surface area contributed by atoms with Crippen LogP contribution in [-0.2, 0) is 0 Å². The Balaban J connectivity index is 2.17. The average Bonchev–Trinajstić information content (AvgIpc) is 2.57. The van der Waals surface area contributed by atoms with Crippen molar-refractivity contribution in [1.29, 1.82) is 0 Å². The van der Waals surface area contributed by atoms with Gasteiger partial charge in [0, 0.05) is 21.5 Å². The molecule has 0 amide bonds. The number of carbonyl (C=O) groups is 1. The zero-order chi connectivity index (χ0) is 16.6. The molecule has 23 heavy (non-hydrogen) atoms. The summed E-state index contributed by atoms with van der Waals surface area (Å²) in [5.41, 5.74) is 0.205. The lowest BCUT2D eigenvalue weighted by molar-refractivity contribution is 0.103. The monoisotopic (exact) mass is 392 g/mol. The topological polar surface area (TPSA) is 26.3 Å². The molecule has 0 atom stereocenters. The van der Waals surface area contributed by atoms with Crippen LogP contribution in [0, 0.1) is 5.82 Å². The number of ketones is 1.